The molecule has 13 heavy (non-hydrogen) atoms. The van der Waals surface area contributed by atoms with Gasteiger partial charge in [0.05, 0.1) is 0 Å². The predicted octanol–water partition coefficient (Wildman–Crippen LogP) is 3.87. The number of hydrogen-bond acceptors (Lipinski definition) is 1. The Kier molecular flexibility index (Phi) is 3.05. The van der Waals surface area contributed by atoms with E-state index in [9.17, 15) is 13.2 Å². The molecule has 0 saturated carbocycles. The number of allylic oxidation sites excluding steroid dienone is 3. The molecule has 0 bridgehead atoms. The van der Waals surface area contributed by atoms with Crippen molar-refractivity contribution in [1.29, 1.82) is 0 Å². The van der Waals surface area contributed by atoms with Gasteiger partial charge in [-0.15, -0.1) is 13.2 Å². The highest BCUT2D eigenvalue weighted by atomic mass is 79.9. The van der Waals surface area contributed by atoms with Gasteiger partial charge in [-0.2, -0.15) is 0 Å². The Bertz CT molecular complexity index is 265. The molecule has 1 aliphatic carbocycles. The second-order valence-electron chi connectivity index (χ2n) is 2.78. The number of hydrogen-bond donors (Lipinski definition) is 0. The zero-order valence-corrected chi connectivity index (χ0v) is 8.50. The summed E-state index contributed by atoms with van der Waals surface area (Å²) in [5.41, 5.74) is 0.625. The lowest BCUT2D eigenvalue weighted by Crippen LogP contribution is -2.14. The van der Waals surface area contributed by atoms with Gasteiger partial charge in [0.1, 0.15) is 5.76 Å². The highest BCUT2D eigenvalue weighted by molar-refractivity contribution is 9.11. The highest BCUT2D eigenvalue weighted by Gasteiger charge is 2.32. The van der Waals surface area contributed by atoms with Gasteiger partial charge in [0.15, 0.2) is 0 Å². The van der Waals surface area contributed by atoms with Crippen LogP contribution in [0.1, 0.15) is 19.8 Å². The van der Waals surface area contributed by atoms with Crippen LogP contribution in [0.25, 0.3) is 0 Å². The average Bonchev–Trinajstić information content (AvgIpc) is 1.94. The number of ether oxygens (including phenoxy) is 1. The van der Waals surface area contributed by atoms with Gasteiger partial charge in [0.25, 0.3) is 0 Å². The molecule has 1 aliphatic rings. The van der Waals surface area contributed by atoms with Gasteiger partial charge in [0.2, 0.25) is 0 Å². The van der Waals surface area contributed by atoms with Gasteiger partial charge >= 0.3 is 6.36 Å². The third kappa shape index (κ3) is 3.42. The Morgan fingerprint density at radius 1 is 1.38 bits per heavy atom. The quantitative estimate of drug-likeness (QED) is 0.692. The normalized spacial score (nSPS) is 18.7. The van der Waals surface area contributed by atoms with E-state index in [0.29, 0.717) is 12.0 Å². The Labute approximate surface area is 82.4 Å². The van der Waals surface area contributed by atoms with Crippen LogP contribution in [0.2, 0.25) is 0 Å². The number of halogens is 4. The van der Waals surface area contributed by atoms with E-state index in [0.717, 1.165) is 10.9 Å². The van der Waals surface area contributed by atoms with Crippen molar-refractivity contribution in [2.45, 2.75) is 26.1 Å². The maximum atomic E-state index is 11.8. The third-order valence-corrected chi connectivity index (χ3v) is 2.30. The molecule has 1 nitrogen and oxygen atoms in total. The molecule has 0 saturated heterocycles. The van der Waals surface area contributed by atoms with E-state index in [-0.39, 0.29) is 5.76 Å². The minimum Gasteiger partial charge on any atom is -0.406 e. The van der Waals surface area contributed by atoms with Gasteiger partial charge in [-0.1, -0.05) is 15.9 Å². The monoisotopic (exact) mass is 256 g/mol. The van der Waals surface area contributed by atoms with Crippen LogP contribution in [0.5, 0.6) is 0 Å². The second-order valence-corrected chi connectivity index (χ2v) is 3.80. The van der Waals surface area contributed by atoms with E-state index < -0.39 is 6.36 Å². The fourth-order valence-corrected chi connectivity index (χ4v) is 1.42. The van der Waals surface area contributed by atoms with Gasteiger partial charge in [0, 0.05) is 0 Å². The van der Waals surface area contributed by atoms with Crippen LogP contribution in [-0.2, 0) is 4.74 Å². The number of rotatable bonds is 1. The van der Waals surface area contributed by atoms with E-state index in [1.54, 1.807) is 6.92 Å². The van der Waals surface area contributed by atoms with Crippen molar-refractivity contribution in [3.8, 4) is 0 Å². The molecular weight excluding hydrogens is 249 g/mol. The summed E-state index contributed by atoms with van der Waals surface area (Å²) in [5.74, 6) is -0.0920. The summed E-state index contributed by atoms with van der Waals surface area (Å²) in [6.07, 6.45) is -1.90. The lowest BCUT2D eigenvalue weighted by Gasteiger charge is -2.16. The molecule has 0 unspecified atom stereocenters. The van der Waals surface area contributed by atoms with Crippen molar-refractivity contribution < 1.29 is 17.9 Å². The van der Waals surface area contributed by atoms with E-state index in [1.165, 1.54) is 6.08 Å². The van der Waals surface area contributed by atoms with Crippen molar-refractivity contribution in [1.82, 2.24) is 0 Å². The predicted molar refractivity (Wildman–Crippen MR) is 46.1 cm³/mol. The minimum absolute atomic E-state index is 0.0920. The molecule has 0 N–H and O–H groups in total. The molecular formula is C8H8BrF3O. The first-order valence-electron chi connectivity index (χ1n) is 3.70. The molecule has 1 rings (SSSR count). The molecule has 0 atom stereocenters. The molecule has 0 radical (unpaired) electrons. The van der Waals surface area contributed by atoms with E-state index in [1.807, 2.05) is 0 Å². The van der Waals surface area contributed by atoms with Crippen LogP contribution in [-0.4, -0.2) is 6.36 Å². The summed E-state index contributed by atoms with van der Waals surface area (Å²) < 4.78 is 40.1. The molecule has 74 valence electrons. The first-order chi connectivity index (χ1) is 5.88. The highest BCUT2D eigenvalue weighted by Crippen LogP contribution is 2.31. The third-order valence-electron chi connectivity index (χ3n) is 1.67. The molecule has 0 fully saturated rings. The fraction of sp³-hybridized carbons (Fsp3) is 0.500. The van der Waals surface area contributed by atoms with E-state index in [4.69, 9.17) is 0 Å². The molecule has 5 heteroatoms. The van der Waals surface area contributed by atoms with Crippen LogP contribution < -0.4 is 0 Å². The minimum atomic E-state index is -4.60. The maximum absolute atomic E-state index is 11.8. The van der Waals surface area contributed by atoms with E-state index in [2.05, 4.69) is 20.7 Å². The number of alkyl halides is 3. The first kappa shape index (κ1) is 10.6. The van der Waals surface area contributed by atoms with Crippen LogP contribution in [0.3, 0.4) is 0 Å². The van der Waals surface area contributed by atoms with E-state index >= 15 is 0 Å². The van der Waals surface area contributed by atoms with Gasteiger partial charge in [-0.05, 0) is 35.9 Å². The molecule has 0 aromatic rings. The summed E-state index contributed by atoms with van der Waals surface area (Å²) in [4.78, 5) is 0. The lowest BCUT2D eigenvalue weighted by molar-refractivity contribution is -0.303. The van der Waals surface area contributed by atoms with Gasteiger partial charge in [-0.3, -0.25) is 0 Å². The second kappa shape index (κ2) is 3.74. The molecule has 0 amide bonds. The van der Waals surface area contributed by atoms with Crippen molar-refractivity contribution in [2.75, 3.05) is 0 Å². The summed E-state index contributed by atoms with van der Waals surface area (Å²) >= 11 is 3.14. The standard InChI is InChI=1S/C8H8BrF3O/c1-5-2-3-6(9)4-7(5)13-8(10,11)12/h4H,2-3H2,1H3. The fourth-order valence-electron chi connectivity index (χ4n) is 1.01. The maximum Gasteiger partial charge on any atom is 0.573 e. The summed E-state index contributed by atoms with van der Waals surface area (Å²) in [5, 5.41) is 0. The zero-order chi connectivity index (χ0) is 10.1. The van der Waals surface area contributed by atoms with Crippen LogP contribution in [0.15, 0.2) is 21.9 Å². The van der Waals surface area contributed by atoms with Gasteiger partial charge in [-0.25, -0.2) is 0 Å². The Morgan fingerprint density at radius 2 is 2.00 bits per heavy atom. The van der Waals surface area contributed by atoms with Crippen molar-refractivity contribution in [3.63, 3.8) is 0 Å². The smallest absolute Gasteiger partial charge is 0.406 e. The molecule has 0 aliphatic heterocycles. The van der Waals surface area contributed by atoms with Gasteiger partial charge < -0.3 is 4.74 Å². The van der Waals surface area contributed by atoms with Crippen LogP contribution >= 0.6 is 15.9 Å². The lowest BCUT2D eigenvalue weighted by atomic mass is 10.1. The zero-order valence-electron chi connectivity index (χ0n) is 6.91. The summed E-state index contributed by atoms with van der Waals surface area (Å²) in [6.45, 7) is 1.64. The Morgan fingerprint density at radius 3 is 2.54 bits per heavy atom. The SMILES string of the molecule is CC1=C(OC(F)(F)F)C=C(Br)CC1. The molecule has 0 spiro atoms. The Balaban J connectivity index is 2.78. The molecule has 0 heterocycles. The average molecular weight is 257 g/mol. The van der Waals surface area contributed by atoms with Crippen LogP contribution in [0, 0.1) is 0 Å². The largest absolute Gasteiger partial charge is 0.573 e. The topological polar surface area (TPSA) is 9.23 Å². The molecule has 0 aromatic carbocycles. The Hall–Kier alpha value is -0.450. The van der Waals surface area contributed by atoms with Crippen molar-refractivity contribution in [2.24, 2.45) is 0 Å². The van der Waals surface area contributed by atoms with Crippen LogP contribution in [0.4, 0.5) is 13.2 Å². The molecule has 0 aromatic heterocycles. The summed E-state index contributed by atoms with van der Waals surface area (Å²) in [7, 11) is 0. The van der Waals surface area contributed by atoms with Crippen molar-refractivity contribution >= 4 is 15.9 Å². The summed E-state index contributed by atoms with van der Waals surface area (Å²) in [6, 6.07) is 0. The first-order valence-corrected chi connectivity index (χ1v) is 4.49. The van der Waals surface area contributed by atoms with Crippen molar-refractivity contribution in [3.05, 3.63) is 21.9 Å².